The van der Waals surface area contributed by atoms with Gasteiger partial charge in [-0.05, 0) is 59.9 Å². The summed E-state index contributed by atoms with van der Waals surface area (Å²) in [5.74, 6) is 1.08. The Kier molecular flexibility index (Phi) is 6.25. The summed E-state index contributed by atoms with van der Waals surface area (Å²) < 4.78 is 0. The predicted octanol–water partition coefficient (Wildman–Crippen LogP) is 6.93. The van der Waals surface area contributed by atoms with Crippen molar-refractivity contribution in [3.05, 3.63) is 96.1 Å². The zero-order valence-corrected chi connectivity index (χ0v) is 19.7. The van der Waals surface area contributed by atoms with Crippen LogP contribution in [0.5, 0.6) is 23.0 Å². The van der Waals surface area contributed by atoms with Gasteiger partial charge in [0.2, 0.25) is 0 Å². The zero-order chi connectivity index (χ0) is 24.5. The van der Waals surface area contributed by atoms with Gasteiger partial charge in [-0.1, -0.05) is 63.2 Å². The molecule has 4 aromatic rings. The van der Waals surface area contributed by atoms with Gasteiger partial charge in [0.05, 0.1) is 5.56 Å². The summed E-state index contributed by atoms with van der Waals surface area (Å²) in [6.07, 6.45) is 0.829. The van der Waals surface area contributed by atoms with E-state index < -0.39 is 5.41 Å². The first kappa shape index (κ1) is 23.2. The molecule has 5 N–H and O–H groups in total. The van der Waals surface area contributed by atoms with Crippen LogP contribution in [0.25, 0.3) is 22.3 Å². The fourth-order valence-electron chi connectivity index (χ4n) is 4.83. The molecule has 4 heteroatoms. The number of benzene rings is 4. The summed E-state index contributed by atoms with van der Waals surface area (Å²) in [6.45, 7) is 6.51. The molecule has 1 atom stereocenters. The van der Waals surface area contributed by atoms with Crippen molar-refractivity contribution in [1.82, 2.24) is 0 Å². The van der Waals surface area contributed by atoms with Gasteiger partial charge in [-0.2, -0.15) is 0 Å². The Morgan fingerprint density at radius 1 is 0.647 bits per heavy atom. The van der Waals surface area contributed by atoms with E-state index >= 15 is 0 Å². The maximum atomic E-state index is 10.6. The molecule has 0 saturated heterocycles. The third kappa shape index (κ3) is 4.32. The highest BCUT2D eigenvalue weighted by molar-refractivity contribution is 5.78. The highest BCUT2D eigenvalue weighted by Crippen LogP contribution is 2.45. The second kappa shape index (κ2) is 9.14. The molecule has 0 aromatic heterocycles. The Balaban J connectivity index is 1.91. The first-order valence-corrected chi connectivity index (χ1v) is 11.5. The van der Waals surface area contributed by atoms with Crippen molar-refractivity contribution in [2.45, 2.75) is 32.6 Å². The van der Waals surface area contributed by atoms with Crippen molar-refractivity contribution < 1.29 is 20.4 Å². The summed E-state index contributed by atoms with van der Waals surface area (Å²) in [5, 5.41) is 39.9. The van der Waals surface area contributed by atoms with E-state index in [1.54, 1.807) is 42.5 Å². The Bertz CT molecular complexity index is 1230. The second-order valence-corrected chi connectivity index (χ2v) is 9.46. The largest absolute Gasteiger partial charge is 0.593 e. The monoisotopic (exact) mass is 455 g/mol. The third-order valence-electron chi connectivity index (χ3n) is 6.50. The topological polar surface area (TPSA) is 83.6 Å². The molecule has 0 bridgehead atoms. The zero-order valence-electron chi connectivity index (χ0n) is 19.7. The van der Waals surface area contributed by atoms with Gasteiger partial charge < -0.3 is 20.4 Å². The molecule has 4 rings (SSSR count). The lowest BCUT2D eigenvalue weighted by molar-refractivity contribution is 0.425. The first-order valence-electron chi connectivity index (χ1n) is 11.5. The lowest BCUT2D eigenvalue weighted by Gasteiger charge is -2.34. The molecule has 4 aromatic carbocycles. The number of aromatic hydroxyl groups is 3. The number of phenols is 3. The van der Waals surface area contributed by atoms with Gasteiger partial charge in [0, 0.05) is 28.2 Å². The van der Waals surface area contributed by atoms with Crippen molar-refractivity contribution in [3.8, 4) is 45.3 Å². The smallest absolute Gasteiger partial charge is 0.261 e. The van der Waals surface area contributed by atoms with Crippen molar-refractivity contribution in [2.75, 3.05) is 0 Å². The summed E-state index contributed by atoms with van der Waals surface area (Å²) in [7, 11) is 0. The lowest BCUT2D eigenvalue weighted by atomic mass is 9.70. The van der Waals surface area contributed by atoms with Crippen molar-refractivity contribution in [3.63, 3.8) is 0 Å². The molecule has 0 heterocycles. The number of hydrogen-bond donors (Lipinski definition) is 3. The minimum Gasteiger partial charge on any atom is -0.593 e. The molecule has 174 valence electrons. The molecule has 0 aliphatic heterocycles. The molecular formula is C30H31O4+. The quantitative estimate of drug-likeness (QED) is 0.276. The SMILES string of the molecule is CC(C)CC(C)(c1ccc(O)c(-c2ccccc2O)c1)c1ccc([OH2+])c(-c2ccccc2O)c1. The van der Waals surface area contributed by atoms with Crippen molar-refractivity contribution >= 4 is 0 Å². The summed E-state index contributed by atoms with van der Waals surface area (Å²) in [4.78, 5) is 0. The number of hydrogen-bond acceptors (Lipinski definition) is 3. The predicted molar refractivity (Wildman–Crippen MR) is 138 cm³/mol. The van der Waals surface area contributed by atoms with Gasteiger partial charge in [-0.25, -0.2) is 0 Å². The molecule has 4 nitrogen and oxygen atoms in total. The fourth-order valence-corrected chi connectivity index (χ4v) is 4.83. The minimum absolute atomic E-state index is 0.105. The number of para-hydroxylation sites is 2. The van der Waals surface area contributed by atoms with Crippen LogP contribution in [0, 0.1) is 5.92 Å². The molecule has 0 fully saturated rings. The standard InChI is InChI=1S/C30H30O4/c1-19(2)18-30(3,20-12-14-28(33)24(16-20)22-8-4-6-10-26(22)31)21-13-15-29(34)25(17-21)23-9-5-7-11-27(23)32/h4-17,19,31-34H,18H2,1-3H3/p+1. The molecule has 0 radical (unpaired) electrons. The Morgan fingerprint density at radius 3 is 1.68 bits per heavy atom. The highest BCUT2D eigenvalue weighted by Gasteiger charge is 2.32. The van der Waals surface area contributed by atoms with Crippen LogP contribution in [-0.4, -0.2) is 20.4 Å². The molecule has 0 aliphatic carbocycles. The van der Waals surface area contributed by atoms with Gasteiger partial charge in [0.15, 0.2) is 0 Å². The van der Waals surface area contributed by atoms with E-state index in [0.29, 0.717) is 33.9 Å². The van der Waals surface area contributed by atoms with E-state index in [1.807, 2.05) is 42.5 Å². The number of phenolic OH excluding ortho intramolecular Hbond substituents is 3. The maximum absolute atomic E-state index is 10.6. The molecule has 0 saturated carbocycles. The molecule has 0 amide bonds. The fraction of sp³-hybridized carbons (Fsp3) is 0.200. The number of rotatable bonds is 6. The van der Waals surface area contributed by atoms with E-state index in [1.165, 1.54) is 0 Å². The van der Waals surface area contributed by atoms with Gasteiger partial charge in [0.1, 0.15) is 17.2 Å². The second-order valence-electron chi connectivity index (χ2n) is 9.46. The average Bonchev–Trinajstić information content (AvgIpc) is 2.80. The van der Waals surface area contributed by atoms with E-state index in [2.05, 4.69) is 20.8 Å². The van der Waals surface area contributed by atoms with Crippen molar-refractivity contribution in [1.29, 1.82) is 0 Å². The van der Waals surface area contributed by atoms with Crippen LogP contribution in [0.15, 0.2) is 84.9 Å². The van der Waals surface area contributed by atoms with Crippen LogP contribution in [0.1, 0.15) is 38.3 Å². The van der Waals surface area contributed by atoms with Crippen LogP contribution in [0.2, 0.25) is 0 Å². The van der Waals surface area contributed by atoms with Crippen LogP contribution in [0.4, 0.5) is 0 Å². The summed E-state index contributed by atoms with van der Waals surface area (Å²) in [5.41, 5.74) is 4.02. The summed E-state index contributed by atoms with van der Waals surface area (Å²) >= 11 is 0. The van der Waals surface area contributed by atoms with Gasteiger partial charge in [-0.3, -0.25) is 0 Å². The highest BCUT2D eigenvalue weighted by atomic mass is 16.3. The Labute approximate surface area is 200 Å². The third-order valence-corrected chi connectivity index (χ3v) is 6.50. The van der Waals surface area contributed by atoms with Crippen LogP contribution in [-0.2, 0) is 5.41 Å². The van der Waals surface area contributed by atoms with Crippen LogP contribution in [0.3, 0.4) is 0 Å². The maximum Gasteiger partial charge on any atom is 0.261 e. The lowest BCUT2D eigenvalue weighted by Crippen LogP contribution is -2.26. The van der Waals surface area contributed by atoms with Gasteiger partial charge in [0.25, 0.3) is 5.75 Å². The molecule has 0 aliphatic rings. The minimum atomic E-state index is -0.437. The van der Waals surface area contributed by atoms with Gasteiger partial charge in [-0.15, -0.1) is 0 Å². The normalized spacial score (nSPS) is 13.1. The Morgan fingerprint density at radius 2 is 1.12 bits per heavy atom. The molecule has 1 unspecified atom stereocenters. The van der Waals surface area contributed by atoms with E-state index in [-0.39, 0.29) is 17.2 Å². The molecule has 0 spiro atoms. The average molecular weight is 456 g/mol. The molecular weight excluding hydrogens is 424 g/mol. The Hall–Kier alpha value is -3.92. The first-order chi connectivity index (χ1) is 16.2. The molecule has 34 heavy (non-hydrogen) atoms. The van der Waals surface area contributed by atoms with Crippen molar-refractivity contribution in [2.24, 2.45) is 5.92 Å². The van der Waals surface area contributed by atoms with E-state index in [0.717, 1.165) is 17.5 Å². The van der Waals surface area contributed by atoms with E-state index in [4.69, 9.17) is 5.11 Å². The van der Waals surface area contributed by atoms with Gasteiger partial charge >= 0.3 is 0 Å². The van der Waals surface area contributed by atoms with Crippen LogP contribution < -0.4 is 0 Å². The van der Waals surface area contributed by atoms with Crippen LogP contribution >= 0.6 is 0 Å². The summed E-state index contributed by atoms with van der Waals surface area (Å²) in [6, 6.07) is 25.4. The van der Waals surface area contributed by atoms with E-state index in [9.17, 15) is 15.3 Å².